The zero-order valence-electron chi connectivity index (χ0n) is 14.4. The molecule has 1 nitrogen and oxygen atoms in total. The van der Waals surface area contributed by atoms with Gasteiger partial charge in [0.2, 0.25) is 0 Å². The molecule has 0 aromatic heterocycles. The van der Waals surface area contributed by atoms with Crippen LogP contribution in [0, 0.1) is 17.3 Å². The Morgan fingerprint density at radius 1 is 1.20 bits per heavy atom. The lowest BCUT2D eigenvalue weighted by molar-refractivity contribution is 0.0128. The van der Waals surface area contributed by atoms with Crippen LogP contribution in [0.5, 0.6) is 0 Å². The van der Waals surface area contributed by atoms with Gasteiger partial charge in [-0.15, -0.1) is 9.24 Å². The summed E-state index contributed by atoms with van der Waals surface area (Å²) in [6.07, 6.45) is 8.46. The highest BCUT2D eigenvalue weighted by atomic mass is 31.0. The molecule has 1 saturated carbocycles. The van der Waals surface area contributed by atoms with Gasteiger partial charge in [-0.3, -0.25) is 0 Å². The first-order valence-corrected chi connectivity index (χ1v) is 9.41. The number of hydrogen-bond donors (Lipinski definition) is 0. The Balaban J connectivity index is 2.08. The fourth-order valence-corrected chi connectivity index (χ4v) is 5.12. The van der Waals surface area contributed by atoms with Crippen molar-refractivity contribution in [3.05, 3.63) is 0 Å². The molecule has 3 atom stereocenters. The third kappa shape index (κ3) is 3.09. The zero-order valence-corrected chi connectivity index (χ0v) is 15.6. The van der Waals surface area contributed by atoms with E-state index in [1.54, 1.807) is 0 Å². The van der Waals surface area contributed by atoms with E-state index in [1.165, 1.54) is 51.6 Å². The lowest BCUT2D eigenvalue weighted by atomic mass is 9.62. The monoisotopic (exact) mass is 297 g/mol. The summed E-state index contributed by atoms with van der Waals surface area (Å²) in [5, 5.41) is 0.469. The van der Waals surface area contributed by atoms with E-state index < -0.39 is 0 Å². The summed E-state index contributed by atoms with van der Waals surface area (Å²) in [6.45, 7) is 14.8. The van der Waals surface area contributed by atoms with Crippen LogP contribution in [0.15, 0.2) is 0 Å². The van der Waals surface area contributed by atoms with E-state index in [1.807, 2.05) is 0 Å². The van der Waals surface area contributed by atoms with Gasteiger partial charge in [0.25, 0.3) is 0 Å². The molecule has 0 N–H and O–H groups in total. The summed E-state index contributed by atoms with van der Waals surface area (Å²) >= 11 is 0. The van der Waals surface area contributed by atoms with Crippen molar-refractivity contribution < 1.29 is 0 Å². The molecule has 118 valence electrons. The molecular formula is C18H36NP. The molecule has 2 fully saturated rings. The molecule has 1 aliphatic carbocycles. The normalized spacial score (nSPS) is 40.5. The molecule has 0 spiro atoms. The molecule has 1 aliphatic heterocycles. The van der Waals surface area contributed by atoms with Crippen LogP contribution in [0.4, 0.5) is 0 Å². The maximum atomic E-state index is 3.35. The van der Waals surface area contributed by atoms with Crippen molar-refractivity contribution >= 4 is 9.24 Å². The van der Waals surface area contributed by atoms with Gasteiger partial charge in [-0.05, 0) is 61.6 Å². The van der Waals surface area contributed by atoms with Crippen molar-refractivity contribution in [3.63, 3.8) is 0 Å². The predicted molar refractivity (Wildman–Crippen MR) is 93.3 cm³/mol. The number of piperidine rings is 1. The minimum absolute atomic E-state index is 0.421. The van der Waals surface area contributed by atoms with Crippen LogP contribution in [0.25, 0.3) is 0 Å². The van der Waals surface area contributed by atoms with E-state index in [-0.39, 0.29) is 0 Å². The average Bonchev–Trinajstić information content (AvgIpc) is 2.41. The molecule has 0 amide bonds. The molecule has 0 aromatic carbocycles. The SMILES string of the molecule is CCC(C)N1CCC(P)(C2CCC(C)CC2)C(C)(C)C1. The van der Waals surface area contributed by atoms with Crippen LogP contribution in [-0.2, 0) is 0 Å². The second-order valence-corrected chi connectivity index (χ2v) is 9.39. The Bertz CT molecular complexity index is 319. The van der Waals surface area contributed by atoms with E-state index in [4.69, 9.17) is 0 Å². The van der Waals surface area contributed by atoms with E-state index in [9.17, 15) is 0 Å². The van der Waals surface area contributed by atoms with Gasteiger partial charge in [0.1, 0.15) is 0 Å². The van der Waals surface area contributed by atoms with Crippen LogP contribution < -0.4 is 0 Å². The first kappa shape index (κ1) is 16.8. The van der Waals surface area contributed by atoms with Crippen molar-refractivity contribution in [2.24, 2.45) is 17.3 Å². The van der Waals surface area contributed by atoms with E-state index in [2.05, 4.69) is 48.8 Å². The van der Waals surface area contributed by atoms with Gasteiger partial charge in [-0.1, -0.05) is 40.5 Å². The molecule has 0 radical (unpaired) electrons. The highest BCUT2D eigenvalue weighted by Crippen LogP contribution is 2.54. The molecular weight excluding hydrogens is 261 g/mol. The average molecular weight is 297 g/mol. The van der Waals surface area contributed by atoms with Crippen molar-refractivity contribution in [2.75, 3.05) is 13.1 Å². The van der Waals surface area contributed by atoms with E-state index in [0.717, 1.165) is 17.9 Å². The van der Waals surface area contributed by atoms with E-state index in [0.29, 0.717) is 10.6 Å². The lowest BCUT2D eigenvalue weighted by Gasteiger charge is -2.57. The van der Waals surface area contributed by atoms with Crippen molar-refractivity contribution in [1.29, 1.82) is 0 Å². The molecule has 0 aromatic rings. The van der Waals surface area contributed by atoms with Gasteiger partial charge in [-0.25, -0.2) is 0 Å². The maximum Gasteiger partial charge on any atom is 0.00645 e. The molecule has 20 heavy (non-hydrogen) atoms. The standard InChI is InChI=1S/C18H36NP/c1-6-15(3)19-12-11-18(20,17(4,5)13-19)16-9-7-14(2)8-10-16/h14-16H,6-13,20H2,1-5H3. The van der Waals surface area contributed by atoms with Crippen LogP contribution >= 0.6 is 9.24 Å². The predicted octanol–water partition coefficient (Wildman–Crippen LogP) is 4.96. The Morgan fingerprint density at radius 2 is 1.80 bits per heavy atom. The number of nitrogens with zero attached hydrogens (tertiary/aromatic N) is 1. The topological polar surface area (TPSA) is 3.24 Å². The van der Waals surface area contributed by atoms with Crippen LogP contribution in [-0.4, -0.2) is 29.2 Å². The molecule has 2 aliphatic rings. The Hall–Kier alpha value is 0.390. The minimum Gasteiger partial charge on any atom is -0.300 e. The second-order valence-electron chi connectivity index (χ2n) is 8.36. The van der Waals surface area contributed by atoms with Gasteiger partial charge < -0.3 is 4.90 Å². The van der Waals surface area contributed by atoms with Crippen LogP contribution in [0.1, 0.15) is 73.1 Å². The van der Waals surface area contributed by atoms with Gasteiger partial charge in [0.05, 0.1) is 0 Å². The maximum absolute atomic E-state index is 3.35. The van der Waals surface area contributed by atoms with Gasteiger partial charge in [0.15, 0.2) is 0 Å². The third-order valence-corrected chi connectivity index (χ3v) is 8.17. The molecule has 3 unspecified atom stereocenters. The summed E-state index contributed by atoms with van der Waals surface area (Å²) < 4.78 is 0. The fraction of sp³-hybridized carbons (Fsp3) is 1.00. The molecule has 2 heteroatoms. The summed E-state index contributed by atoms with van der Waals surface area (Å²) in [5.74, 6) is 1.89. The Morgan fingerprint density at radius 3 is 2.30 bits per heavy atom. The van der Waals surface area contributed by atoms with E-state index >= 15 is 0 Å². The third-order valence-electron chi connectivity index (χ3n) is 6.63. The lowest BCUT2D eigenvalue weighted by Crippen LogP contribution is -2.59. The van der Waals surface area contributed by atoms with Gasteiger partial charge in [-0.2, -0.15) is 0 Å². The number of likely N-dealkylation sites (tertiary alicyclic amines) is 1. The Labute approximate surface area is 129 Å². The first-order valence-electron chi connectivity index (χ1n) is 8.83. The van der Waals surface area contributed by atoms with Crippen LogP contribution in [0.2, 0.25) is 0 Å². The van der Waals surface area contributed by atoms with Crippen molar-refractivity contribution in [1.82, 2.24) is 4.90 Å². The Kier molecular flexibility index (Phi) is 5.24. The zero-order chi connectivity index (χ0) is 15.0. The second kappa shape index (κ2) is 6.25. The molecule has 1 saturated heterocycles. The smallest absolute Gasteiger partial charge is 0.00645 e. The quantitative estimate of drug-likeness (QED) is 0.666. The fourth-order valence-electron chi connectivity index (χ4n) is 4.57. The highest BCUT2D eigenvalue weighted by Gasteiger charge is 2.50. The van der Waals surface area contributed by atoms with Crippen molar-refractivity contribution in [3.8, 4) is 0 Å². The summed E-state index contributed by atoms with van der Waals surface area (Å²) in [7, 11) is 3.35. The van der Waals surface area contributed by atoms with Gasteiger partial charge >= 0.3 is 0 Å². The number of hydrogen-bond acceptors (Lipinski definition) is 1. The molecule has 0 bridgehead atoms. The summed E-state index contributed by atoms with van der Waals surface area (Å²) in [4.78, 5) is 2.73. The van der Waals surface area contributed by atoms with Gasteiger partial charge in [0, 0.05) is 12.6 Å². The number of rotatable bonds is 3. The summed E-state index contributed by atoms with van der Waals surface area (Å²) in [6, 6.07) is 0.746. The highest BCUT2D eigenvalue weighted by molar-refractivity contribution is 7.19. The largest absolute Gasteiger partial charge is 0.300 e. The summed E-state index contributed by atoms with van der Waals surface area (Å²) in [5.41, 5.74) is 0.421. The van der Waals surface area contributed by atoms with Crippen molar-refractivity contribution in [2.45, 2.75) is 84.3 Å². The molecule has 2 rings (SSSR count). The molecule has 1 heterocycles. The minimum atomic E-state index is 0.421. The van der Waals surface area contributed by atoms with Crippen LogP contribution in [0.3, 0.4) is 0 Å². The first-order chi connectivity index (χ1) is 9.30.